The minimum atomic E-state index is -2.62. The molecule has 0 amide bonds. The Bertz CT molecular complexity index is 1670. The SMILES string of the molecule is CP1/C(=C2\C=CC=C[CH-]2)[Si]23C1[Si]1(N(CC(C)(C)C)c4ccccc4N1CC(C)(C)C)[N+]2(CC(C)(C)C)c1ccccc1N3CC(C)(C)C. The van der Waals surface area contributed by atoms with Crippen molar-refractivity contribution in [1.29, 1.82) is 0 Å². The van der Waals surface area contributed by atoms with Gasteiger partial charge in [-0.15, -0.1) is 44.2 Å². The van der Waals surface area contributed by atoms with Crippen LogP contribution in [0.3, 0.4) is 0 Å². The number of hydrogen-bond donors (Lipinski definition) is 0. The van der Waals surface area contributed by atoms with Crippen LogP contribution in [0.5, 0.6) is 0 Å². The summed E-state index contributed by atoms with van der Waals surface area (Å²) in [5.74, 6) is 0. The van der Waals surface area contributed by atoms with E-state index in [2.05, 4.69) is 183 Å². The van der Waals surface area contributed by atoms with Gasteiger partial charge in [-0.1, -0.05) is 107 Å². The summed E-state index contributed by atoms with van der Waals surface area (Å²) >= 11 is 0. The fourth-order valence-corrected chi connectivity index (χ4v) is 43.0. The number of fused-ring (bicyclic) bond motifs is 5. The van der Waals surface area contributed by atoms with Crippen molar-refractivity contribution in [3.8, 4) is 0 Å². The fourth-order valence-electron chi connectivity index (χ4n) is 10.3. The average molecular weight is 697 g/mol. The van der Waals surface area contributed by atoms with Gasteiger partial charge in [-0.05, 0) is 52.1 Å². The van der Waals surface area contributed by atoms with Gasteiger partial charge >= 0.3 is 17.0 Å². The predicted molar refractivity (Wildman–Crippen MR) is 217 cm³/mol. The molecule has 4 atom stereocenters. The number of nitrogens with zero attached hydrogens (tertiary/aromatic N) is 4. The molecule has 48 heavy (non-hydrogen) atoms. The lowest BCUT2D eigenvalue weighted by atomic mass is 9.96. The summed E-state index contributed by atoms with van der Waals surface area (Å²) in [7, 11) is -5.41. The van der Waals surface area contributed by atoms with Crippen LogP contribution in [0, 0.1) is 28.1 Å². The molecule has 2 aromatic carbocycles. The maximum Gasteiger partial charge on any atom is 0.518 e. The highest BCUT2D eigenvalue weighted by molar-refractivity contribution is 7.82. The smallest absolute Gasteiger partial charge is 0.360 e. The number of allylic oxidation sites excluding steroid dienone is 5. The number of rotatable bonds is 4. The lowest BCUT2D eigenvalue weighted by Crippen LogP contribution is -3.13. The van der Waals surface area contributed by atoms with Crippen molar-refractivity contribution in [2.24, 2.45) is 21.7 Å². The Kier molecular flexibility index (Phi) is 7.58. The van der Waals surface area contributed by atoms with E-state index in [4.69, 9.17) is 0 Å². The lowest BCUT2D eigenvalue weighted by molar-refractivity contribution is 0.319. The summed E-state index contributed by atoms with van der Waals surface area (Å²) in [5.41, 5.74) is 8.33. The van der Waals surface area contributed by atoms with E-state index in [1.54, 1.807) is 5.69 Å². The first-order chi connectivity index (χ1) is 22.2. The second-order valence-corrected chi connectivity index (χ2v) is 32.3. The van der Waals surface area contributed by atoms with Gasteiger partial charge in [0.1, 0.15) is 10.6 Å². The molecule has 7 rings (SSSR count). The highest BCUT2D eigenvalue weighted by Gasteiger charge is 3.03. The van der Waals surface area contributed by atoms with Crippen LogP contribution in [0.1, 0.15) is 83.1 Å². The largest absolute Gasteiger partial charge is 0.518 e. The summed E-state index contributed by atoms with van der Waals surface area (Å²) in [4.78, 5) is 2.60. The monoisotopic (exact) mass is 696 g/mol. The number of benzene rings is 2. The third kappa shape index (κ3) is 4.54. The van der Waals surface area contributed by atoms with Crippen molar-refractivity contribution < 1.29 is 0 Å². The van der Waals surface area contributed by atoms with Gasteiger partial charge in [-0.25, -0.2) is 0 Å². The van der Waals surface area contributed by atoms with Crippen molar-refractivity contribution in [3.05, 3.63) is 89.8 Å². The molecule has 0 saturated carbocycles. The molecule has 258 valence electrons. The Balaban J connectivity index is 1.66. The zero-order valence-electron chi connectivity index (χ0n) is 32.1. The number of para-hydroxylation sites is 4. The Labute approximate surface area is 296 Å². The van der Waals surface area contributed by atoms with Crippen molar-refractivity contribution in [2.45, 2.75) is 88.0 Å². The molecule has 0 N–H and O–H groups in total. The topological polar surface area (TPSA) is 9.72 Å². The Morgan fingerprint density at radius 1 is 0.667 bits per heavy atom. The van der Waals surface area contributed by atoms with Gasteiger partial charge in [0.2, 0.25) is 0 Å². The summed E-state index contributed by atoms with van der Waals surface area (Å²) in [6.07, 6.45) is 11.7. The van der Waals surface area contributed by atoms with Crippen LogP contribution in [0.25, 0.3) is 0 Å². The van der Waals surface area contributed by atoms with E-state index in [-0.39, 0.29) is 29.6 Å². The molecule has 1 aliphatic carbocycles. The highest BCUT2D eigenvalue weighted by atomic mass is 31.1. The van der Waals surface area contributed by atoms with E-state index < -0.39 is 17.0 Å². The van der Waals surface area contributed by atoms with Crippen molar-refractivity contribution in [2.75, 3.05) is 46.5 Å². The van der Waals surface area contributed by atoms with Crippen LogP contribution in [0.15, 0.2) is 83.3 Å². The Hall–Kier alpha value is -2.25. The molecule has 4 aliphatic heterocycles. The van der Waals surface area contributed by atoms with E-state index in [9.17, 15) is 0 Å². The second kappa shape index (κ2) is 10.6. The normalized spacial score (nSPS) is 30.1. The molecule has 4 nitrogen and oxygen atoms in total. The van der Waals surface area contributed by atoms with E-state index >= 15 is 0 Å². The first-order valence-electron chi connectivity index (χ1n) is 18.3. The molecule has 5 aliphatic rings. The standard InChI is InChI=1S/C41H61N4PSi2/c1-38(2,3)27-42-34-25-19-20-26-35(34)45(30-41(10,11)12)47(42)36(31-21-15-14-16-22-31)46(13)37(47)48(45)43(28-39(4,5)6)32-23-17-18-24-33(32)44(48)29-40(7,8)9/h14-26,37H,27-30H2,1-13H3. The van der Waals surface area contributed by atoms with Crippen LogP contribution in [0.4, 0.5) is 22.7 Å². The van der Waals surface area contributed by atoms with Gasteiger partial charge in [0.25, 0.3) is 0 Å². The molecule has 0 radical (unpaired) electrons. The maximum atomic E-state index is 3.13. The van der Waals surface area contributed by atoms with Gasteiger partial charge in [0, 0.05) is 25.0 Å². The van der Waals surface area contributed by atoms with Gasteiger partial charge in [0.05, 0.1) is 23.6 Å². The molecule has 4 unspecified atom stereocenters. The molecule has 0 bridgehead atoms. The zero-order chi connectivity index (χ0) is 34.9. The Morgan fingerprint density at radius 2 is 1.17 bits per heavy atom. The van der Waals surface area contributed by atoms with Gasteiger partial charge in [0.15, 0.2) is 0 Å². The van der Waals surface area contributed by atoms with Crippen molar-refractivity contribution in [1.82, 2.24) is 3.81 Å². The van der Waals surface area contributed by atoms with Gasteiger partial charge < -0.3 is 17.5 Å². The van der Waals surface area contributed by atoms with E-state index in [0.717, 1.165) is 24.5 Å². The first kappa shape index (κ1) is 34.2. The van der Waals surface area contributed by atoms with Crippen LogP contribution in [0.2, 0.25) is 0 Å². The quantitative estimate of drug-likeness (QED) is 0.179. The third-order valence-corrected chi connectivity index (χ3v) is 32.7. The predicted octanol–water partition coefficient (Wildman–Crippen LogP) is 10.4. The van der Waals surface area contributed by atoms with Crippen LogP contribution >= 0.6 is 7.92 Å². The fraction of sp³-hybridized carbons (Fsp3) is 0.537. The van der Waals surface area contributed by atoms with Gasteiger partial charge in [-0.2, -0.15) is 0 Å². The summed E-state index contributed by atoms with van der Waals surface area (Å²) < 4.78 is 10.6. The van der Waals surface area contributed by atoms with Crippen LogP contribution in [-0.2, 0) is 0 Å². The molecular formula is C41H61N4PSi2. The van der Waals surface area contributed by atoms with Crippen molar-refractivity contribution in [3.63, 3.8) is 0 Å². The summed E-state index contributed by atoms with van der Waals surface area (Å²) in [6, 6.07) is 19.4. The number of hydrogen-bond acceptors (Lipinski definition) is 3. The molecule has 2 saturated heterocycles. The summed E-state index contributed by atoms with van der Waals surface area (Å²) in [5, 5.41) is 0. The molecule has 2 aromatic rings. The van der Waals surface area contributed by atoms with E-state index in [1.807, 2.05) is 4.94 Å². The second-order valence-electron chi connectivity index (χ2n) is 20.1. The lowest BCUT2D eigenvalue weighted by Gasteiger charge is -2.82. The molecule has 7 heteroatoms. The number of quaternary nitrogens is 1. The number of anilines is 3. The zero-order valence-corrected chi connectivity index (χ0v) is 35.0. The maximum absolute atomic E-state index is 3.13. The van der Waals surface area contributed by atoms with Crippen molar-refractivity contribution >= 4 is 47.6 Å². The van der Waals surface area contributed by atoms with Crippen LogP contribution in [-0.4, -0.2) is 54.7 Å². The molecular weight excluding hydrogens is 636 g/mol. The van der Waals surface area contributed by atoms with Gasteiger partial charge in [-0.3, -0.25) is 0 Å². The van der Waals surface area contributed by atoms with Crippen LogP contribution < -0.4 is 17.5 Å². The first-order valence-corrected chi connectivity index (χ1v) is 24.0. The minimum absolute atomic E-state index is 0.138. The van der Waals surface area contributed by atoms with E-state index in [1.165, 1.54) is 33.0 Å². The minimum Gasteiger partial charge on any atom is -0.360 e. The third-order valence-electron chi connectivity index (χ3n) is 10.9. The Morgan fingerprint density at radius 3 is 1.65 bits per heavy atom. The summed E-state index contributed by atoms with van der Waals surface area (Å²) in [6.45, 7) is 37.0. The molecule has 4 heterocycles. The van der Waals surface area contributed by atoms with E-state index in [0.29, 0.717) is 0 Å². The molecule has 2 fully saturated rings. The average Bonchev–Trinajstić information content (AvgIpc) is 3.32. The molecule has 0 aromatic heterocycles. The highest BCUT2D eigenvalue weighted by Crippen LogP contribution is 2.84. The molecule has 2 spiro atoms.